The van der Waals surface area contributed by atoms with Gasteiger partial charge < -0.3 is 4.74 Å². The Bertz CT molecular complexity index is 927. The van der Waals surface area contributed by atoms with Crippen LogP contribution in [0.2, 0.25) is 0 Å². The molecule has 0 atom stereocenters. The summed E-state index contributed by atoms with van der Waals surface area (Å²) in [5, 5.41) is 8.13. The summed E-state index contributed by atoms with van der Waals surface area (Å²) in [5.74, 6) is 0.117. The number of nitrogens with zero attached hydrogens (tertiary/aromatic N) is 4. The Hall–Kier alpha value is -3.48. The van der Waals surface area contributed by atoms with Crippen LogP contribution >= 0.6 is 0 Å². The SMILES string of the molecule is COc1ccc(-c2cn(CN3C(=O)c4ccccc4C3=O)nn2)cc1. The largest absolute Gasteiger partial charge is 0.497 e. The number of aromatic nitrogens is 3. The van der Waals surface area contributed by atoms with Crippen LogP contribution in [0.3, 0.4) is 0 Å². The summed E-state index contributed by atoms with van der Waals surface area (Å²) in [6.45, 7) is 0.0233. The van der Waals surface area contributed by atoms with Crippen molar-refractivity contribution < 1.29 is 14.3 Å². The third kappa shape index (κ3) is 2.55. The van der Waals surface area contributed by atoms with Crippen LogP contribution in [0.25, 0.3) is 11.3 Å². The van der Waals surface area contributed by atoms with Crippen LogP contribution in [-0.4, -0.2) is 38.8 Å². The fourth-order valence-corrected chi connectivity index (χ4v) is 2.77. The fraction of sp³-hybridized carbons (Fsp3) is 0.111. The lowest BCUT2D eigenvalue weighted by Gasteiger charge is -2.12. The number of carbonyl (C=O) groups excluding carboxylic acids is 2. The predicted octanol–water partition coefficient (Wildman–Crippen LogP) is 2.21. The Morgan fingerprint density at radius 3 is 2.20 bits per heavy atom. The van der Waals surface area contributed by atoms with Crippen molar-refractivity contribution in [1.82, 2.24) is 19.9 Å². The van der Waals surface area contributed by atoms with Crippen LogP contribution in [0, 0.1) is 0 Å². The van der Waals surface area contributed by atoms with Crippen LogP contribution in [0.15, 0.2) is 54.7 Å². The van der Waals surface area contributed by atoms with Gasteiger partial charge in [-0.05, 0) is 36.4 Å². The summed E-state index contributed by atoms with van der Waals surface area (Å²) >= 11 is 0. The molecule has 0 fully saturated rings. The second kappa shape index (κ2) is 5.86. The zero-order chi connectivity index (χ0) is 17.4. The van der Waals surface area contributed by atoms with Gasteiger partial charge in [0.15, 0.2) is 0 Å². The number of benzene rings is 2. The Kier molecular flexibility index (Phi) is 3.53. The van der Waals surface area contributed by atoms with Crippen molar-refractivity contribution >= 4 is 11.8 Å². The molecule has 1 aliphatic heterocycles. The van der Waals surface area contributed by atoms with Gasteiger partial charge in [-0.1, -0.05) is 17.3 Å². The monoisotopic (exact) mass is 334 g/mol. The number of amides is 2. The zero-order valence-corrected chi connectivity index (χ0v) is 13.4. The van der Waals surface area contributed by atoms with E-state index >= 15 is 0 Å². The van der Waals surface area contributed by atoms with Gasteiger partial charge in [-0.25, -0.2) is 4.68 Å². The van der Waals surface area contributed by atoms with Crippen molar-refractivity contribution in [2.75, 3.05) is 7.11 Å². The zero-order valence-electron chi connectivity index (χ0n) is 13.4. The molecular weight excluding hydrogens is 320 g/mol. The molecule has 25 heavy (non-hydrogen) atoms. The molecule has 0 aliphatic carbocycles. The minimum Gasteiger partial charge on any atom is -0.497 e. The van der Waals surface area contributed by atoms with E-state index in [0.29, 0.717) is 16.8 Å². The minimum atomic E-state index is -0.318. The van der Waals surface area contributed by atoms with E-state index in [1.165, 1.54) is 4.68 Å². The first-order valence-electron chi connectivity index (χ1n) is 7.67. The van der Waals surface area contributed by atoms with Crippen molar-refractivity contribution in [3.8, 4) is 17.0 Å². The molecule has 0 spiro atoms. The average Bonchev–Trinajstić information content (AvgIpc) is 3.22. The molecule has 0 saturated carbocycles. The number of hydrogen-bond donors (Lipinski definition) is 0. The average molecular weight is 334 g/mol. The van der Waals surface area contributed by atoms with E-state index in [-0.39, 0.29) is 18.5 Å². The second-order valence-electron chi connectivity index (χ2n) is 5.60. The molecule has 3 aromatic rings. The molecule has 0 radical (unpaired) electrons. The highest BCUT2D eigenvalue weighted by molar-refractivity contribution is 6.21. The Morgan fingerprint density at radius 2 is 1.60 bits per heavy atom. The smallest absolute Gasteiger partial charge is 0.263 e. The van der Waals surface area contributed by atoms with Gasteiger partial charge in [0.2, 0.25) is 0 Å². The van der Waals surface area contributed by atoms with E-state index in [2.05, 4.69) is 10.3 Å². The standard InChI is InChI=1S/C18H14N4O3/c1-25-13-8-6-12(7-9-13)16-10-21(20-19-16)11-22-17(23)14-4-2-3-5-15(14)18(22)24/h2-10H,11H2,1H3. The molecule has 1 aromatic heterocycles. The maximum absolute atomic E-state index is 12.4. The summed E-state index contributed by atoms with van der Waals surface area (Å²) in [6.07, 6.45) is 1.70. The van der Waals surface area contributed by atoms with Crippen LogP contribution in [0.4, 0.5) is 0 Å². The van der Waals surface area contributed by atoms with E-state index in [1.807, 2.05) is 24.3 Å². The first-order chi connectivity index (χ1) is 12.2. The number of hydrogen-bond acceptors (Lipinski definition) is 5. The van der Waals surface area contributed by atoms with Crippen molar-refractivity contribution in [2.24, 2.45) is 0 Å². The number of fused-ring (bicyclic) bond motifs is 1. The number of ether oxygens (including phenoxy) is 1. The van der Waals surface area contributed by atoms with Gasteiger partial charge in [-0.3, -0.25) is 14.5 Å². The molecule has 0 bridgehead atoms. The first-order valence-corrected chi connectivity index (χ1v) is 7.67. The molecule has 0 N–H and O–H groups in total. The van der Waals surface area contributed by atoms with Gasteiger partial charge in [-0.15, -0.1) is 5.10 Å². The predicted molar refractivity (Wildman–Crippen MR) is 89.0 cm³/mol. The molecule has 1 aliphatic rings. The minimum absolute atomic E-state index is 0.0233. The Morgan fingerprint density at radius 1 is 0.960 bits per heavy atom. The van der Waals surface area contributed by atoms with Crippen molar-refractivity contribution in [1.29, 1.82) is 0 Å². The Balaban J connectivity index is 1.56. The molecule has 2 amide bonds. The molecule has 124 valence electrons. The fourth-order valence-electron chi connectivity index (χ4n) is 2.77. The molecule has 0 unspecified atom stereocenters. The molecule has 2 heterocycles. The molecule has 7 nitrogen and oxygen atoms in total. The number of imide groups is 1. The summed E-state index contributed by atoms with van der Waals surface area (Å²) in [7, 11) is 1.60. The topological polar surface area (TPSA) is 77.3 Å². The normalized spacial score (nSPS) is 13.2. The van der Waals surface area contributed by atoms with Crippen LogP contribution in [0.5, 0.6) is 5.75 Å². The van der Waals surface area contributed by atoms with E-state index in [1.54, 1.807) is 37.6 Å². The maximum Gasteiger partial charge on any atom is 0.263 e. The van der Waals surface area contributed by atoms with Crippen molar-refractivity contribution in [3.63, 3.8) is 0 Å². The third-order valence-corrected chi connectivity index (χ3v) is 4.09. The molecule has 7 heteroatoms. The lowest BCUT2D eigenvalue weighted by Crippen LogP contribution is -2.32. The molecule has 4 rings (SSSR count). The number of methoxy groups -OCH3 is 1. The van der Waals surface area contributed by atoms with Gasteiger partial charge in [0, 0.05) is 5.56 Å². The van der Waals surface area contributed by atoms with Gasteiger partial charge in [0.1, 0.15) is 18.1 Å². The number of carbonyl (C=O) groups is 2. The van der Waals surface area contributed by atoms with Gasteiger partial charge in [-0.2, -0.15) is 0 Å². The summed E-state index contributed by atoms with van der Waals surface area (Å²) in [4.78, 5) is 25.9. The van der Waals surface area contributed by atoms with E-state index in [9.17, 15) is 9.59 Å². The van der Waals surface area contributed by atoms with Crippen LogP contribution in [0.1, 0.15) is 20.7 Å². The summed E-state index contributed by atoms with van der Waals surface area (Å²) in [6, 6.07) is 14.2. The molecular formula is C18H14N4O3. The molecule has 0 saturated heterocycles. The van der Waals surface area contributed by atoms with E-state index < -0.39 is 0 Å². The molecule has 2 aromatic carbocycles. The van der Waals surface area contributed by atoms with Gasteiger partial charge >= 0.3 is 0 Å². The van der Waals surface area contributed by atoms with Crippen LogP contribution in [-0.2, 0) is 6.67 Å². The van der Waals surface area contributed by atoms with Gasteiger partial charge in [0.05, 0.1) is 24.4 Å². The van der Waals surface area contributed by atoms with Crippen molar-refractivity contribution in [2.45, 2.75) is 6.67 Å². The summed E-state index contributed by atoms with van der Waals surface area (Å²) in [5.41, 5.74) is 2.36. The number of rotatable bonds is 4. The second-order valence-corrected chi connectivity index (χ2v) is 5.60. The van der Waals surface area contributed by atoms with Crippen LogP contribution < -0.4 is 4.74 Å². The maximum atomic E-state index is 12.4. The highest BCUT2D eigenvalue weighted by atomic mass is 16.5. The van der Waals surface area contributed by atoms with E-state index in [4.69, 9.17) is 4.74 Å². The lowest BCUT2D eigenvalue weighted by molar-refractivity contribution is 0.0596. The summed E-state index contributed by atoms with van der Waals surface area (Å²) < 4.78 is 6.60. The Labute approximate surface area is 143 Å². The van der Waals surface area contributed by atoms with Gasteiger partial charge in [0.25, 0.3) is 11.8 Å². The third-order valence-electron chi connectivity index (χ3n) is 4.09. The highest BCUT2D eigenvalue weighted by Gasteiger charge is 2.35. The van der Waals surface area contributed by atoms with E-state index in [0.717, 1.165) is 16.2 Å². The van der Waals surface area contributed by atoms with Crippen molar-refractivity contribution in [3.05, 3.63) is 65.9 Å². The quantitative estimate of drug-likeness (QED) is 0.684. The lowest BCUT2D eigenvalue weighted by atomic mass is 10.1. The highest BCUT2D eigenvalue weighted by Crippen LogP contribution is 2.24. The first kappa shape index (κ1) is 15.1.